The molecule has 1 atom stereocenters. The summed E-state index contributed by atoms with van der Waals surface area (Å²) in [6.07, 6.45) is 0.982. The number of carboxylic acids is 1. The number of nitrogens with two attached hydrogens (primary N) is 1. The van der Waals surface area contributed by atoms with Gasteiger partial charge in [0.15, 0.2) is 0 Å². The molecule has 4 heteroatoms. The molecule has 0 aliphatic rings. The summed E-state index contributed by atoms with van der Waals surface area (Å²) in [5, 5.41) is 11.1. The lowest BCUT2D eigenvalue weighted by Gasteiger charge is -2.19. The lowest BCUT2D eigenvalue weighted by Crippen LogP contribution is -2.44. The monoisotopic (exact) mass is 273 g/mol. The summed E-state index contributed by atoms with van der Waals surface area (Å²) < 4.78 is 5.75. The van der Waals surface area contributed by atoms with Crippen LogP contribution in [0.25, 0.3) is 10.8 Å². The minimum atomic E-state index is -1.19. The van der Waals surface area contributed by atoms with Crippen LogP contribution in [0.3, 0.4) is 0 Å². The fourth-order valence-corrected chi connectivity index (χ4v) is 2.05. The number of hydrogen-bond acceptors (Lipinski definition) is 3. The first-order chi connectivity index (χ1) is 9.50. The van der Waals surface area contributed by atoms with Crippen molar-refractivity contribution in [1.29, 1.82) is 0 Å². The third kappa shape index (κ3) is 3.27. The molecule has 0 aliphatic heterocycles. The molecule has 0 saturated carbocycles. The van der Waals surface area contributed by atoms with Crippen molar-refractivity contribution in [3.63, 3.8) is 0 Å². The standard InChI is InChI=1S/C16H19NO3/c1-16(17,15(18)19)10-5-11-20-14-9-4-7-12-6-2-3-8-13(12)14/h2-4,6-9H,5,10-11,17H2,1H3,(H,18,19). The minimum absolute atomic E-state index is 0.382. The molecule has 0 bridgehead atoms. The molecule has 3 N–H and O–H groups in total. The predicted octanol–water partition coefficient (Wildman–Crippen LogP) is 2.80. The van der Waals surface area contributed by atoms with E-state index in [1.165, 1.54) is 6.92 Å². The molecule has 106 valence electrons. The maximum absolute atomic E-state index is 10.9. The smallest absolute Gasteiger partial charge is 0.323 e. The number of benzene rings is 2. The van der Waals surface area contributed by atoms with Gasteiger partial charge >= 0.3 is 5.97 Å². The third-order valence-corrected chi connectivity index (χ3v) is 3.34. The molecule has 20 heavy (non-hydrogen) atoms. The van der Waals surface area contributed by atoms with Gasteiger partial charge in [0.05, 0.1) is 6.61 Å². The highest BCUT2D eigenvalue weighted by Crippen LogP contribution is 2.25. The molecule has 0 saturated heterocycles. The van der Waals surface area contributed by atoms with Crippen LogP contribution in [0.1, 0.15) is 19.8 Å². The second kappa shape index (κ2) is 5.92. The Morgan fingerprint density at radius 1 is 1.25 bits per heavy atom. The van der Waals surface area contributed by atoms with Crippen LogP contribution < -0.4 is 10.5 Å². The molecule has 1 unspecified atom stereocenters. The van der Waals surface area contributed by atoms with Gasteiger partial charge in [-0.05, 0) is 31.2 Å². The number of ether oxygens (including phenoxy) is 1. The first-order valence-electron chi connectivity index (χ1n) is 6.63. The van der Waals surface area contributed by atoms with Gasteiger partial charge in [0.2, 0.25) is 0 Å². The average Bonchev–Trinajstić information content (AvgIpc) is 2.43. The summed E-state index contributed by atoms with van der Waals surface area (Å²) in [5.74, 6) is -0.167. The SMILES string of the molecule is CC(N)(CCCOc1cccc2ccccc12)C(=O)O. The van der Waals surface area contributed by atoms with E-state index in [1.807, 2.05) is 42.5 Å². The number of hydrogen-bond donors (Lipinski definition) is 2. The quantitative estimate of drug-likeness (QED) is 0.794. The highest BCUT2D eigenvalue weighted by atomic mass is 16.5. The van der Waals surface area contributed by atoms with Crippen molar-refractivity contribution in [1.82, 2.24) is 0 Å². The molecular formula is C16H19NO3. The van der Waals surface area contributed by atoms with Gasteiger partial charge in [-0.15, -0.1) is 0 Å². The molecule has 0 heterocycles. The average molecular weight is 273 g/mol. The molecule has 0 fully saturated rings. The van der Waals surface area contributed by atoms with E-state index in [9.17, 15) is 4.79 Å². The van der Waals surface area contributed by atoms with E-state index in [2.05, 4.69) is 0 Å². The fourth-order valence-electron chi connectivity index (χ4n) is 2.05. The van der Waals surface area contributed by atoms with E-state index in [4.69, 9.17) is 15.6 Å². The van der Waals surface area contributed by atoms with E-state index in [0.717, 1.165) is 16.5 Å². The Balaban J connectivity index is 1.95. The van der Waals surface area contributed by atoms with Crippen LogP contribution in [0.2, 0.25) is 0 Å². The van der Waals surface area contributed by atoms with Crippen LogP contribution in [0.4, 0.5) is 0 Å². The largest absolute Gasteiger partial charge is 0.493 e. The number of carbonyl (C=O) groups is 1. The zero-order chi connectivity index (χ0) is 14.6. The number of aliphatic carboxylic acids is 1. The van der Waals surface area contributed by atoms with Gasteiger partial charge in [0.1, 0.15) is 11.3 Å². The first-order valence-corrected chi connectivity index (χ1v) is 6.63. The number of rotatable bonds is 6. The maximum Gasteiger partial charge on any atom is 0.323 e. The number of fused-ring (bicyclic) bond motifs is 1. The summed E-state index contributed by atoms with van der Waals surface area (Å²) in [7, 11) is 0. The summed E-state index contributed by atoms with van der Waals surface area (Å²) in [5.41, 5.74) is 4.48. The second-order valence-electron chi connectivity index (χ2n) is 5.15. The van der Waals surface area contributed by atoms with E-state index in [-0.39, 0.29) is 0 Å². The summed E-state index contributed by atoms with van der Waals surface area (Å²) >= 11 is 0. The van der Waals surface area contributed by atoms with Crippen molar-refractivity contribution in [2.75, 3.05) is 6.61 Å². The van der Waals surface area contributed by atoms with E-state index >= 15 is 0 Å². The van der Waals surface area contributed by atoms with Gasteiger partial charge in [-0.1, -0.05) is 36.4 Å². The second-order valence-corrected chi connectivity index (χ2v) is 5.15. The van der Waals surface area contributed by atoms with Crippen molar-refractivity contribution in [3.8, 4) is 5.75 Å². The molecule has 4 nitrogen and oxygen atoms in total. The topological polar surface area (TPSA) is 72.5 Å². The minimum Gasteiger partial charge on any atom is -0.493 e. The van der Waals surface area contributed by atoms with Crippen LogP contribution in [0.15, 0.2) is 42.5 Å². The van der Waals surface area contributed by atoms with Crippen molar-refractivity contribution >= 4 is 16.7 Å². The lowest BCUT2D eigenvalue weighted by molar-refractivity contribution is -0.142. The molecule has 2 aromatic carbocycles. The summed E-state index contributed by atoms with van der Waals surface area (Å²) in [6, 6.07) is 13.9. The molecule has 0 spiro atoms. The normalized spacial score (nSPS) is 13.9. The third-order valence-electron chi connectivity index (χ3n) is 3.34. The van der Waals surface area contributed by atoms with E-state index in [0.29, 0.717) is 19.4 Å². The van der Waals surface area contributed by atoms with Crippen LogP contribution in [0, 0.1) is 0 Å². The highest BCUT2D eigenvalue weighted by molar-refractivity contribution is 5.88. The van der Waals surface area contributed by atoms with Crippen LogP contribution in [-0.2, 0) is 4.79 Å². The molecular weight excluding hydrogens is 254 g/mol. The molecule has 0 amide bonds. The maximum atomic E-state index is 10.9. The van der Waals surface area contributed by atoms with Crippen molar-refractivity contribution in [2.45, 2.75) is 25.3 Å². The molecule has 0 aromatic heterocycles. The Hall–Kier alpha value is -2.07. The van der Waals surface area contributed by atoms with E-state index in [1.54, 1.807) is 0 Å². The Labute approximate surface area is 118 Å². The molecule has 0 radical (unpaired) electrons. The van der Waals surface area contributed by atoms with Crippen molar-refractivity contribution in [3.05, 3.63) is 42.5 Å². The van der Waals surface area contributed by atoms with Crippen molar-refractivity contribution in [2.24, 2.45) is 5.73 Å². The summed E-state index contributed by atoms with van der Waals surface area (Å²) in [4.78, 5) is 10.9. The van der Waals surface area contributed by atoms with Gasteiger partial charge in [-0.3, -0.25) is 4.79 Å². The zero-order valence-electron chi connectivity index (χ0n) is 11.5. The Morgan fingerprint density at radius 3 is 2.70 bits per heavy atom. The fraction of sp³-hybridized carbons (Fsp3) is 0.312. The first kappa shape index (κ1) is 14.3. The van der Waals surface area contributed by atoms with E-state index < -0.39 is 11.5 Å². The van der Waals surface area contributed by atoms with Gasteiger partial charge in [-0.2, -0.15) is 0 Å². The molecule has 2 aromatic rings. The van der Waals surface area contributed by atoms with Crippen LogP contribution in [0.5, 0.6) is 5.75 Å². The summed E-state index contributed by atoms with van der Waals surface area (Å²) in [6.45, 7) is 1.97. The van der Waals surface area contributed by atoms with Gasteiger partial charge < -0.3 is 15.6 Å². The highest BCUT2D eigenvalue weighted by Gasteiger charge is 2.26. The predicted molar refractivity (Wildman–Crippen MR) is 78.9 cm³/mol. The Morgan fingerprint density at radius 2 is 1.95 bits per heavy atom. The van der Waals surface area contributed by atoms with Crippen LogP contribution >= 0.6 is 0 Å². The zero-order valence-corrected chi connectivity index (χ0v) is 11.5. The molecule has 0 aliphatic carbocycles. The lowest BCUT2D eigenvalue weighted by atomic mass is 9.98. The van der Waals surface area contributed by atoms with Crippen molar-refractivity contribution < 1.29 is 14.6 Å². The Kier molecular flexibility index (Phi) is 4.25. The Bertz CT molecular complexity index is 602. The van der Waals surface area contributed by atoms with Gasteiger partial charge in [0.25, 0.3) is 0 Å². The molecule has 2 rings (SSSR count). The number of carboxylic acid groups (broad SMARTS) is 1. The van der Waals surface area contributed by atoms with Gasteiger partial charge in [0, 0.05) is 5.39 Å². The van der Waals surface area contributed by atoms with Gasteiger partial charge in [-0.25, -0.2) is 0 Å². The van der Waals surface area contributed by atoms with Crippen LogP contribution in [-0.4, -0.2) is 23.2 Å².